The Kier molecular flexibility index (Phi) is 6.04. The molecule has 0 atom stereocenters. The summed E-state index contributed by atoms with van der Waals surface area (Å²) < 4.78 is 0. The number of aromatic nitrogens is 4. The summed E-state index contributed by atoms with van der Waals surface area (Å²) in [7, 11) is 2.14. The van der Waals surface area contributed by atoms with Crippen molar-refractivity contribution in [3.05, 3.63) is 54.0 Å². The molecule has 156 valence electrons. The molecular weight excluding hydrogens is 376 g/mol. The quantitative estimate of drug-likeness (QED) is 0.647. The van der Waals surface area contributed by atoms with E-state index in [1.165, 1.54) is 0 Å². The van der Waals surface area contributed by atoms with Crippen LogP contribution in [-0.4, -0.2) is 58.1 Å². The molecule has 0 amide bonds. The molecule has 30 heavy (non-hydrogen) atoms. The zero-order chi connectivity index (χ0) is 20.9. The maximum atomic E-state index is 4.71. The molecule has 4 rings (SSSR count). The number of para-hydroxylation sites is 1. The van der Waals surface area contributed by atoms with Crippen LogP contribution in [0.15, 0.2) is 42.5 Å². The van der Waals surface area contributed by atoms with Crippen LogP contribution in [0.3, 0.4) is 0 Å². The third kappa shape index (κ3) is 4.83. The third-order valence-electron chi connectivity index (χ3n) is 5.09. The first-order chi connectivity index (χ1) is 14.6. The highest BCUT2D eigenvalue weighted by Crippen LogP contribution is 2.26. The second-order valence-corrected chi connectivity index (χ2v) is 7.48. The molecule has 1 aliphatic heterocycles. The fourth-order valence-electron chi connectivity index (χ4n) is 3.31. The number of aryl methyl sites for hydroxylation is 2. The van der Waals surface area contributed by atoms with Crippen LogP contribution >= 0.6 is 0 Å². The lowest BCUT2D eigenvalue weighted by molar-refractivity contribution is 0.311. The third-order valence-corrected chi connectivity index (χ3v) is 5.09. The molecule has 3 heterocycles. The summed E-state index contributed by atoms with van der Waals surface area (Å²) in [6.07, 6.45) is 0.744. The van der Waals surface area contributed by atoms with Crippen molar-refractivity contribution < 1.29 is 0 Å². The number of nitrogens with zero attached hydrogens (tertiary/aromatic N) is 6. The molecule has 0 saturated carbocycles. The molecule has 2 aromatic heterocycles. The second kappa shape index (κ2) is 9.04. The van der Waals surface area contributed by atoms with Gasteiger partial charge in [0, 0.05) is 44.0 Å². The topological polar surface area (TPSA) is 82.1 Å². The highest BCUT2D eigenvalue weighted by Gasteiger charge is 2.19. The van der Waals surface area contributed by atoms with E-state index in [9.17, 15) is 0 Å². The standard InChI is InChI=1S/C22H28N8/c1-4-19-25-21(28-22(26-19)30-14-12-29(3)13-15-30)27-20-18(11-10-16(2)23-20)24-17-8-6-5-7-9-17/h5-11,24H,4,12-15H2,1-3H3,(H,23,25,26,27,28). The van der Waals surface area contributed by atoms with Crippen molar-refractivity contribution in [3.8, 4) is 0 Å². The van der Waals surface area contributed by atoms with E-state index in [-0.39, 0.29) is 0 Å². The van der Waals surface area contributed by atoms with Crippen molar-refractivity contribution in [1.82, 2.24) is 24.8 Å². The van der Waals surface area contributed by atoms with Crippen LogP contribution in [0.25, 0.3) is 0 Å². The predicted molar refractivity (Wildman–Crippen MR) is 121 cm³/mol. The SMILES string of the molecule is CCc1nc(Nc2nc(C)ccc2Nc2ccccc2)nc(N2CCN(C)CC2)n1. The largest absolute Gasteiger partial charge is 0.353 e. The molecule has 1 aliphatic rings. The Morgan fingerprint density at radius 2 is 1.63 bits per heavy atom. The minimum absolute atomic E-state index is 0.519. The average molecular weight is 405 g/mol. The molecule has 8 nitrogen and oxygen atoms in total. The van der Waals surface area contributed by atoms with Gasteiger partial charge in [-0.2, -0.15) is 15.0 Å². The highest BCUT2D eigenvalue weighted by molar-refractivity contribution is 5.74. The molecule has 8 heteroatoms. The summed E-state index contributed by atoms with van der Waals surface area (Å²) >= 11 is 0. The molecule has 0 bridgehead atoms. The van der Waals surface area contributed by atoms with Crippen LogP contribution in [-0.2, 0) is 6.42 Å². The molecule has 1 saturated heterocycles. The Balaban J connectivity index is 1.62. The number of benzene rings is 1. The van der Waals surface area contributed by atoms with E-state index in [4.69, 9.17) is 4.98 Å². The number of pyridine rings is 1. The van der Waals surface area contributed by atoms with E-state index >= 15 is 0 Å². The summed E-state index contributed by atoms with van der Waals surface area (Å²) in [5.41, 5.74) is 2.78. The first-order valence-corrected chi connectivity index (χ1v) is 10.4. The van der Waals surface area contributed by atoms with Gasteiger partial charge in [-0.15, -0.1) is 0 Å². The number of rotatable bonds is 6. The van der Waals surface area contributed by atoms with Crippen molar-refractivity contribution in [2.75, 3.05) is 48.8 Å². The number of piperazine rings is 1. The molecule has 1 fully saturated rings. The Labute approximate surface area is 177 Å². The summed E-state index contributed by atoms with van der Waals surface area (Å²) in [6.45, 7) is 7.85. The lowest BCUT2D eigenvalue weighted by Crippen LogP contribution is -2.45. The summed E-state index contributed by atoms with van der Waals surface area (Å²) in [5.74, 6) is 2.70. The minimum Gasteiger partial charge on any atom is -0.353 e. The van der Waals surface area contributed by atoms with Gasteiger partial charge in [-0.3, -0.25) is 0 Å². The zero-order valence-electron chi connectivity index (χ0n) is 17.8. The van der Waals surface area contributed by atoms with Gasteiger partial charge in [0.15, 0.2) is 5.82 Å². The molecule has 0 radical (unpaired) electrons. The lowest BCUT2D eigenvalue weighted by atomic mass is 10.3. The molecule has 1 aromatic carbocycles. The zero-order valence-corrected chi connectivity index (χ0v) is 17.8. The van der Waals surface area contributed by atoms with Gasteiger partial charge in [0.2, 0.25) is 11.9 Å². The molecule has 0 aliphatic carbocycles. The summed E-state index contributed by atoms with van der Waals surface area (Å²) in [5, 5.41) is 6.74. The summed E-state index contributed by atoms with van der Waals surface area (Å²) in [4.78, 5) is 23.2. The first-order valence-electron chi connectivity index (χ1n) is 10.4. The Bertz CT molecular complexity index is 984. The fraction of sp³-hybridized carbons (Fsp3) is 0.364. The number of likely N-dealkylation sites (N-methyl/N-ethyl adjacent to an activating group) is 1. The van der Waals surface area contributed by atoms with Crippen LogP contribution in [0.5, 0.6) is 0 Å². The average Bonchev–Trinajstić information content (AvgIpc) is 2.76. The van der Waals surface area contributed by atoms with Crippen LogP contribution in [0, 0.1) is 6.92 Å². The Morgan fingerprint density at radius 1 is 0.867 bits per heavy atom. The lowest BCUT2D eigenvalue weighted by Gasteiger charge is -2.32. The van der Waals surface area contributed by atoms with Crippen LogP contribution in [0.2, 0.25) is 0 Å². The van der Waals surface area contributed by atoms with Crippen molar-refractivity contribution in [3.63, 3.8) is 0 Å². The van der Waals surface area contributed by atoms with E-state index < -0.39 is 0 Å². The van der Waals surface area contributed by atoms with E-state index in [2.05, 4.69) is 49.4 Å². The van der Waals surface area contributed by atoms with Gasteiger partial charge in [0.05, 0.1) is 5.69 Å². The molecule has 2 N–H and O–H groups in total. The number of hydrogen-bond donors (Lipinski definition) is 2. The van der Waals surface area contributed by atoms with Crippen molar-refractivity contribution in [2.24, 2.45) is 0 Å². The van der Waals surface area contributed by atoms with Crippen LogP contribution in [0.1, 0.15) is 18.4 Å². The maximum Gasteiger partial charge on any atom is 0.233 e. The van der Waals surface area contributed by atoms with Gasteiger partial charge >= 0.3 is 0 Å². The van der Waals surface area contributed by atoms with Crippen molar-refractivity contribution >= 4 is 29.1 Å². The Morgan fingerprint density at radius 3 is 2.37 bits per heavy atom. The monoisotopic (exact) mass is 404 g/mol. The molecule has 3 aromatic rings. The number of hydrogen-bond acceptors (Lipinski definition) is 8. The van der Waals surface area contributed by atoms with Gasteiger partial charge < -0.3 is 20.4 Å². The van der Waals surface area contributed by atoms with Crippen molar-refractivity contribution in [1.29, 1.82) is 0 Å². The van der Waals surface area contributed by atoms with Gasteiger partial charge in [0.1, 0.15) is 5.82 Å². The highest BCUT2D eigenvalue weighted by atomic mass is 15.3. The van der Waals surface area contributed by atoms with Gasteiger partial charge in [-0.05, 0) is 38.2 Å². The number of nitrogens with one attached hydrogen (secondary N) is 2. The smallest absolute Gasteiger partial charge is 0.233 e. The molecular formula is C22H28N8. The Hall–Kier alpha value is -3.26. The van der Waals surface area contributed by atoms with Crippen molar-refractivity contribution in [2.45, 2.75) is 20.3 Å². The van der Waals surface area contributed by atoms with Crippen LogP contribution in [0.4, 0.5) is 29.1 Å². The van der Waals surface area contributed by atoms with Gasteiger partial charge in [0.25, 0.3) is 0 Å². The predicted octanol–water partition coefficient (Wildman–Crippen LogP) is 3.38. The molecule has 0 spiro atoms. The van der Waals surface area contributed by atoms with Gasteiger partial charge in [-0.25, -0.2) is 4.98 Å². The number of anilines is 5. The minimum atomic E-state index is 0.519. The normalized spacial score (nSPS) is 14.6. The molecule has 0 unspecified atom stereocenters. The van der Waals surface area contributed by atoms with E-state index in [0.717, 1.165) is 61.4 Å². The first kappa shape index (κ1) is 20.0. The van der Waals surface area contributed by atoms with Crippen LogP contribution < -0.4 is 15.5 Å². The van der Waals surface area contributed by atoms with Gasteiger partial charge in [-0.1, -0.05) is 25.1 Å². The van der Waals surface area contributed by atoms with E-state index in [1.54, 1.807) is 0 Å². The van der Waals surface area contributed by atoms with E-state index in [0.29, 0.717) is 11.8 Å². The second-order valence-electron chi connectivity index (χ2n) is 7.48. The van der Waals surface area contributed by atoms with E-state index in [1.807, 2.05) is 49.4 Å². The fourth-order valence-corrected chi connectivity index (χ4v) is 3.31. The summed E-state index contributed by atoms with van der Waals surface area (Å²) in [6, 6.07) is 14.0. The maximum absolute atomic E-state index is 4.71.